The lowest BCUT2D eigenvalue weighted by molar-refractivity contribution is 0.0984. The van der Waals surface area contributed by atoms with Gasteiger partial charge in [-0.1, -0.05) is 6.07 Å². The molecule has 0 fully saturated rings. The lowest BCUT2D eigenvalue weighted by atomic mass is 10.1. The summed E-state index contributed by atoms with van der Waals surface area (Å²) in [4.78, 5) is 13.7. The predicted octanol–water partition coefficient (Wildman–Crippen LogP) is 2.89. The summed E-state index contributed by atoms with van der Waals surface area (Å²) < 4.78 is 39.9. The van der Waals surface area contributed by atoms with E-state index >= 15 is 0 Å². The zero-order chi connectivity index (χ0) is 15.1. The smallest absolute Gasteiger partial charge is 0.261 e. The van der Waals surface area contributed by atoms with Gasteiger partial charge in [0.15, 0.2) is 17.5 Å². The van der Waals surface area contributed by atoms with Crippen LogP contribution in [0.5, 0.6) is 0 Å². The fourth-order valence-electron chi connectivity index (χ4n) is 2.44. The van der Waals surface area contributed by atoms with Gasteiger partial charge >= 0.3 is 0 Å². The molecule has 2 aromatic rings. The molecule has 0 aliphatic carbocycles. The lowest BCUT2D eigenvalue weighted by Gasteiger charge is -2.18. The minimum atomic E-state index is -1.65. The normalized spacial score (nSPS) is 13.4. The highest BCUT2D eigenvalue weighted by Crippen LogP contribution is 2.31. The molecule has 1 heterocycles. The Kier molecular flexibility index (Phi) is 3.08. The Hall–Kier alpha value is -2.50. The lowest BCUT2D eigenvalue weighted by Crippen LogP contribution is -2.30. The number of nitrogen functional groups attached to an aromatic ring is 1. The fourth-order valence-corrected chi connectivity index (χ4v) is 2.44. The fraction of sp³-hybridized carbons (Fsp3) is 0.133. The predicted molar refractivity (Wildman–Crippen MR) is 72.6 cm³/mol. The summed E-state index contributed by atoms with van der Waals surface area (Å²) in [5, 5.41) is 0. The molecule has 0 saturated heterocycles. The molecule has 0 atom stereocenters. The second kappa shape index (κ2) is 4.80. The molecule has 3 nitrogen and oxygen atoms in total. The van der Waals surface area contributed by atoms with E-state index in [2.05, 4.69) is 0 Å². The van der Waals surface area contributed by atoms with Crippen LogP contribution >= 0.6 is 0 Å². The second-order valence-electron chi connectivity index (χ2n) is 4.82. The molecular weight excluding hydrogens is 281 g/mol. The maximum absolute atomic E-state index is 13.7. The van der Waals surface area contributed by atoms with E-state index in [-0.39, 0.29) is 0 Å². The Morgan fingerprint density at radius 3 is 2.62 bits per heavy atom. The quantitative estimate of drug-likeness (QED) is 0.649. The standard InChI is InChI=1S/C15H11F3N2O/c16-11-4-3-10(13(17)14(11)18)15(21)20-6-5-8-1-2-9(19)7-12(8)20/h1-4,7H,5-6,19H2. The first-order chi connectivity index (χ1) is 9.99. The number of benzene rings is 2. The van der Waals surface area contributed by atoms with Crippen LogP contribution in [0.2, 0.25) is 0 Å². The van der Waals surface area contributed by atoms with Crippen molar-refractivity contribution in [3.05, 3.63) is 58.9 Å². The van der Waals surface area contributed by atoms with Crippen LogP contribution in [-0.4, -0.2) is 12.5 Å². The highest BCUT2D eigenvalue weighted by Gasteiger charge is 2.29. The average Bonchev–Trinajstić information content (AvgIpc) is 2.87. The molecule has 1 amide bonds. The van der Waals surface area contributed by atoms with Gasteiger partial charge in [-0.25, -0.2) is 13.2 Å². The molecule has 0 unspecified atom stereocenters. The third-order valence-electron chi connectivity index (χ3n) is 3.52. The van der Waals surface area contributed by atoms with Gasteiger partial charge in [-0.2, -0.15) is 0 Å². The minimum Gasteiger partial charge on any atom is -0.399 e. The van der Waals surface area contributed by atoms with Gasteiger partial charge in [0.25, 0.3) is 5.91 Å². The van der Waals surface area contributed by atoms with Crippen molar-refractivity contribution in [2.45, 2.75) is 6.42 Å². The number of fused-ring (bicyclic) bond motifs is 1. The SMILES string of the molecule is Nc1ccc2c(c1)N(C(=O)c1ccc(F)c(F)c1F)CC2. The maximum Gasteiger partial charge on any atom is 0.261 e. The molecule has 0 aromatic heterocycles. The molecule has 0 saturated carbocycles. The van der Waals surface area contributed by atoms with Crippen LogP contribution in [-0.2, 0) is 6.42 Å². The van der Waals surface area contributed by atoms with Crippen molar-refractivity contribution >= 4 is 17.3 Å². The van der Waals surface area contributed by atoms with Crippen molar-refractivity contribution in [1.82, 2.24) is 0 Å². The van der Waals surface area contributed by atoms with Crippen molar-refractivity contribution in [1.29, 1.82) is 0 Å². The first kappa shape index (κ1) is 13.5. The summed E-state index contributed by atoms with van der Waals surface area (Å²) >= 11 is 0. The number of amides is 1. The van der Waals surface area contributed by atoms with Gasteiger partial charge in [-0.3, -0.25) is 4.79 Å². The molecule has 0 bridgehead atoms. The molecule has 2 N–H and O–H groups in total. The van der Waals surface area contributed by atoms with E-state index in [9.17, 15) is 18.0 Å². The van der Waals surface area contributed by atoms with E-state index in [1.807, 2.05) is 0 Å². The summed E-state index contributed by atoms with van der Waals surface area (Å²) in [5.74, 6) is -5.16. The number of hydrogen-bond donors (Lipinski definition) is 1. The molecule has 3 rings (SSSR count). The summed E-state index contributed by atoms with van der Waals surface area (Å²) in [6.45, 7) is 0.343. The molecule has 21 heavy (non-hydrogen) atoms. The summed E-state index contributed by atoms with van der Waals surface area (Å²) in [7, 11) is 0. The average molecular weight is 292 g/mol. The van der Waals surface area contributed by atoms with Crippen molar-refractivity contribution < 1.29 is 18.0 Å². The van der Waals surface area contributed by atoms with Gasteiger partial charge in [-0.05, 0) is 36.2 Å². The monoisotopic (exact) mass is 292 g/mol. The zero-order valence-electron chi connectivity index (χ0n) is 10.9. The Morgan fingerprint density at radius 2 is 1.86 bits per heavy atom. The molecule has 1 aliphatic rings. The first-order valence-electron chi connectivity index (χ1n) is 6.33. The number of anilines is 2. The third kappa shape index (κ3) is 2.12. The van der Waals surface area contributed by atoms with E-state index in [0.29, 0.717) is 24.3 Å². The minimum absolute atomic E-state index is 0.343. The van der Waals surface area contributed by atoms with Crippen LogP contribution in [0.15, 0.2) is 30.3 Å². The Bertz CT molecular complexity index is 746. The molecule has 0 spiro atoms. The number of nitrogens with zero attached hydrogens (tertiary/aromatic N) is 1. The van der Waals surface area contributed by atoms with Gasteiger partial charge in [0.2, 0.25) is 0 Å². The number of halogens is 3. The number of nitrogens with two attached hydrogens (primary N) is 1. The second-order valence-corrected chi connectivity index (χ2v) is 4.82. The van der Waals surface area contributed by atoms with Crippen LogP contribution in [0.1, 0.15) is 15.9 Å². The van der Waals surface area contributed by atoms with Crippen LogP contribution < -0.4 is 10.6 Å². The van der Waals surface area contributed by atoms with E-state index in [0.717, 1.165) is 17.7 Å². The van der Waals surface area contributed by atoms with Crippen LogP contribution in [0.25, 0.3) is 0 Å². The van der Waals surface area contributed by atoms with Gasteiger partial charge in [0, 0.05) is 17.9 Å². The topological polar surface area (TPSA) is 46.3 Å². The number of rotatable bonds is 1. The van der Waals surface area contributed by atoms with Crippen LogP contribution in [0.3, 0.4) is 0 Å². The van der Waals surface area contributed by atoms with Crippen LogP contribution in [0, 0.1) is 17.5 Å². The molecule has 0 radical (unpaired) electrons. The van der Waals surface area contributed by atoms with Crippen LogP contribution in [0.4, 0.5) is 24.5 Å². The molecule has 2 aromatic carbocycles. The van der Waals surface area contributed by atoms with E-state index in [1.165, 1.54) is 4.90 Å². The number of carbonyl (C=O) groups is 1. The zero-order valence-corrected chi connectivity index (χ0v) is 10.9. The maximum atomic E-state index is 13.7. The Morgan fingerprint density at radius 1 is 1.10 bits per heavy atom. The van der Waals surface area contributed by atoms with Gasteiger partial charge < -0.3 is 10.6 Å². The largest absolute Gasteiger partial charge is 0.399 e. The third-order valence-corrected chi connectivity index (χ3v) is 3.52. The molecule has 6 heteroatoms. The summed E-state index contributed by atoms with van der Waals surface area (Å²) in [6.07, 6.45) is 0.604. The first-order valence-corrected chi connectivity index (χ1v) is 6.33. The van der Waals surface area contributed by atoms with Crippen molar-refractivity contribution in [3.8, 4) is 0 Å². The van der Waals surface area contributed by atoms with Crippen molar-refractivity contribution in [2.24, 2.45) is 0 Å². The number of carbonyl (C=O) groups excluding carboxylic acids is 1. The van der Waals surface area contributed by atoms with Crippen molar-refractivity contribution in [3.63, 3.8) is 0 Å². The van der Waals surface area contributed by atoms with E-state index < -0.39 is 28.9 Å². The van der Waals surface area contributed by atoms with E-state index in [1.54, 1.807) is 18.2 Å². The molecular formula is C15H11F3N2O. The van der Waals surface area contributed by atoms with Gasteiger partial charge in [-0.15, -0.1) is 0 Å². The van der Waals surface area contributed by atoms with E-state index in [4.69, 9.17) is 5.73 Å². The molecule has 108 valence electrons. The Labute approximate surface area is 118 Å². The number of hydrogen-bond acceptors (Lipinski definition) is 2. The van der Waals surface area contributed by atoms with Gasteiger partial charge in [0.05, 0.1) is 5.56 Å². The summed E-state index contributed by atoms with van der Waals surface area (Å²) in [6, 6.07) is 6.80. The Balaban J connectivity index is 2.02. The summed E-state index contributed by atoms with van der Waals surface area (Å²) in [5.41, 5.74) is 7.14. The van der Waals surface area contributed by atoms with Crippen molar-refractivity contribution in [2.75, 3.05) is 17.2 Å². The highest BCUT2D eigenvalue weighted by atomic mass is 19.2. The highest BCUT2D eigenvalue weighted by molar-refractivity contribution is 6.07. The van der Waals surface area contributed by atoms with Gasteiger partial charge in [0.1, 0.15) is 0 Å². The molecule has 1 aliphatic heterocycles.